The minimum absolute atomic E-state index is 0.00928. The van der Waals surface area contributed by atoms with Crippen LogP contribution in [-0.4, -0.2) is 18.2 Å². The van der Waals surface area contributed by atoms with Gasteiger partial charge in [-0.05, 0) is 107 Å². The maximum atomic E-state index is 15.1. The van der Waals surface area contributed by atoms with Gasteiger partial charge in [0.25, 0.3) is 0 Å². The van der Waals surface area contributed by atoms with E-state index in [0.29, 0.717) is 29.8 Å². The molecule has 0 aliphatic heterocycles. The molecule has 4 nitrogen and oxygen atoms in total. The zero-order chi connectivity index (χ0) is 28.4. The van der Waals surface area contributed by atoms with Crippen LogP contribution in [0.3, 0.4) is 0 Å². The fraction of sp³-hybridized carbons (Fsp3) is 0.400. The number of halogens is 1. The van der Waals surface area contributed by atoms with Gasteiger partial charge in [-0.25, -0.2) is 4.39 Å². The average Bonchev–Trinajstić information content (AvgIpc) is 3.29. The Kier molecular flexibility index (Phi) is 8.02. The molecule has 3 atom stereocenters. The lowest BCUT2D eigenvalue weighted by molar-refractivity contribution is -0.138. The van der Waals surface area contributed by atoms with E-state index in [1.165, 1.54) is 11.6 Å². The number of carboxylic acid groups (broad SMARTS) is 1. The number of hydrogen-bond acceptors (Lipinski definition) is 3. The molecule has 2 aliphatic carbocycles. The Labute approximate surface area is 236 Å². The first-order valence-corrected chi connectivity index (χ1v) is 14.3. The molecular formula is C35H39FO4. The summed E-state index contributed by atoms with van der Waals surface area (Å²) in [5.74, 6) is 1.22. The summed E-state index contributed by atoms with van der Waals surface area (Å²) < 4.78 is 26.7. The standard InChI is InChI=1S/C35H39FO4/c1-22-10-13-27(22)29(20-34(37)38)24-7-5-8-26(18-24)40-21-23-11-14-28(31-19-25(39-4)12-15-33(31)36)30(17-23)32-9-6-16-35(32,2)3/h5,7-9,11-12,14-15,17-19,22,27,29H,6,10,13,16,20-21H2,1-4H3,(H,37,38)/t22-,27-,29-/m0/s1. The lowest BCUT2D eigenvalue weighted by Gasteiger charge is -2.40. The Hall–Kier alpha value is -3.60. The first-order chi connectivity index (χ1) is 19.2. The number of hydrogen-bond donors (Lipinski definition) is 1. The normalized spacial score (nSPS) is 20.4. The van der Waals surface area contributed by atoms with Gasteiger partial charge in [0.1, 0.15) is 23.9 Å². The van der Waals surface area contributed by atoms with E-state index in [1.807, 2.05) is 36.4 Å². The second-order valence-electron chi connectivity index (χ2n) is 12.1. The summed E-state index contributed by atoms with van der Waals surface area (Å²) in [4.78, 5) is 11.6. The van der Waals surface area contributed by atoms with Gasteiger partial charge in [-0.2, -0.15) is 0 Å². The van der Waals surface area contributed by atoms with Crippen molar-refractivity contribution >= 4 is 11.5 Å². The van der Waals surface area contributed by atoms with Crippen LogP contribution in [0.5, 0.6) is 11.5 Å². The van der Waals surface area contributed by atoms with Crippen molar-refractivity contribution in [3.05, 3.63) is 89.2 Å². The van der Waals surface area contributed by atoms with Crippen molar-refractivity contribution in [2.75, 3.05) is 7.11 Å². The molecule has 0 spiro atoms. The van der Waals surface area contributed by atoms with Gasteiger partial charge in [0.15, 0.2) is 0 Å². The highest BCUT2D eigenvalue weighted by Gasteiger charge is 2.36. The average molecular weight is 543 g/mol. The smallest absolute Gasteiger partial charge is 0.303 e. The zero-order valence-electron chi connectivity index (χ0n) is 23.9. The molecule has 0 amide bonds. The number of aliphatic carboxylic acids is 1. The highest BCUT2D eigenvalue weighted by Crippen LogP contribution is 2.48. The molecule has 3 aromatic rings. The third kappa shape index (κ3) is 5.79. The van der Waals surface area contributed by atoms with Crippen molar-refractivity contribution in [1.29, 1.82) is 0 Å². The van der Waals surface area contributed by atoms with E-state index in [1.54, 1.807) is 19.2 Å². The Bertz CT molecular complexity index is 1420. The van der Waals surface area contributed by atoms with Crippen molar-refractivity contribution in [2.45, 2.75) is 65.4 Å². The molecule has 2 aliphatic rings. The number of methoxy groups -OCH3 is 1. The number of ether oxygens (including phenoxy) is 2. The molecular weight excluding hydrogens is 503 g/mol. The van der Waals surface area contributed by atoms with E-state index >= 15 is 4.39 Å². The number of carboxylic acids is 1. The van der Waals surface area contributed by atoms with Gasteiger partial charge in [-0.1, -0.05) is 57.5 Å². The lowest BCUT2D eigenvalue weighted by atomic mass is 9.65. The molecule has 0 radical (unpaired) electrons. The quantitative estimate of drug-likeness (QED) is 0.278. The first kappa shape index (κ1) is 27.9. The second kappa shape index (κ2) is 11.5. The predicted molar refractivity (Wildman–Crippen MR) is 157 cm³/mol. The molecule has 0 unspecified atom stereocenters. The van der Waals surface area contributed by atoms with Crippen LogP contribution in [0.4, 0.5) is 4.39 Å². The Balaban J connectivity index is 1.43. The molecule has 1 N–H and O–H groups in total. The summed E-state index contributed by atoms with van der Waals surface area (Å²) in [6, 6.07) is 18.9. The predicted octanol–water partition coefficient (Wildman–Crippen LogP) is 8.89. The summed E-state index contributed by atoms with van der Waals surface area (Å²) >= 11 is 0. The van der Waals surface area contributed by atoms with E-state index in [0.717, 1.165) is 53.7 Å². The number of allylic oxidation sites excluding steroid dienone is 2. The number of benzene rings is 3. The van der Waals surface area contributed by atoms with E-state index in [-0.39, 0.29) is 23.6 Å². The summed E-state index contributed by atoms with van der Waals surface area (Å²) in [6.45, 7) is 7.04. The molecule has 40 heavy (non-hydrogen) atoms. The van der Waals surface area contributed by atoms with Crippen LogP contribution in [0.2, 0.25) is 0 Å². The summed E-state index contributed by atoms with van der Waals surface area (Å²) in [5, 5.41) is 9.56. The highest BCUT2D eigenvalue weighted by atomic mass is 19.1. The minimum Gasteiger partial charge on any atom is -0.497 e. The molecule has 3 aromatic carbocycles. The van der Waals surface area contributed by atoms with Crippen molar-refractivity contribution in [3.8, 4) is 22.6 Å². The van der Waals surface area contributed by atoms with Gasteiger partial charge < -0.3 is 14.6 Å². The minimum atomic E-state index is -0.764. The fourth-order valence-electron chi connectivity index (χ4n) is 6.44. The summed E-state index contributed by atoms with van der Waals surface area (Å²) in [7, 11) is 1.59. The van der Waals surface area contributed by atoms with Crippen LogP contribution in [0.25, 0.3) is 16.7 Å². The Morgan fingerprint density at radius 1 is 1.02 bits per heavy atom. The zero-order valence-corrected chi connectivity index (χ0v) is 23.9. The van der Waals surface area contributed by atoms with Crippen LogP contribution < -0.4 is 9.47 Å². The van der Waals surface area contributed by atoms with Crippen LogP contribution in [0, 0.1) is 23.1 Å². The Morgan fingerprint density at radius 3 is 2.50 bits per heavy atom. The molecule has 0 aromatic heterocycles. The molecule has 1 saturated carbocycles. The largest absolute Gasteiger partial charge is 0.497 e. The van der Waals surface area contributed by atoms with Crippen molar-refractivity contribution < 1.29 is 23.8 Å². The molecule has 0 bridgehead atoms. The maximum Gasteiger partial charge on any atom is 0.303 e. The molecule has 0 saturated heterocycles. The van der Waals surface area contributed by atoms with Gasteiger partial charge in [-0.3, -0.25) is 4.79 Å². The van der Waals surface area contributed by atoms with Crippen LogP contribution in [0.1, 0.15) is 75.5 Å². The van der Waals surface area contributed by atoms with Crippen molar-refractivity contribution in [3.63, 3.8) is 0 Å². The fourth-order valence-corrected chi connectivity index (χ4v) is 6.44. The summed E-state index contributed by atoms with van der Waals surface area (Å²) in [6.07, 6.45) is 6.67. The van der Waals surface area contributed by atoms with E-state index in [9.17, 15) is 9.90 Å². The van der Waals surface area contributed by atoms with Crippen LogP contribution in [-0.2, 0) is 11.4 Å². The number of carbonyl (C=O) groups is 1. The van der Waals surface area contributed by atoms with Crippen LogP contribution >= 0.6 is 0 Å². The van der Waals surface area contributed by atoms with Crippen LogP contribution in [0.15, 0.2) is 66.7 Å². The van der Waals surface area contributed by atoms with E-state index in [2.05, 4.69) is 32.9 Å². The number of rotatable bonds is 10. The topological polar surface area (TPSA) is 55.8 Å². The highest BCUT2D eigenvalue weighted by molar-refractivity contribution is 5.85. The molecule has 5 rings (SSSR count). The van der Waals surface area contributed by atoms with Gasteiger partial charge in [0.2, 0.25) is 0 Å². The molecule has 1 fully saturated rings. The molecule has 210 valence electrons. The van der Waals surface area contributed by atoms with E-state index < -0.39 is 5.97 Å². The van der Waals surface area contributed by atoms with E-state index in [4.69, 9.17) is 9.47 Å². The van der Waals surface area contributed by atoms with Crippen molar-refractivity contribution in [1.82, 2.24) is 0 Å². The van der Waals surface area contributed by atoms with Gasteiger partial charge in [-0.15, -0.1) is 0 Å². The van der Waals surface area contributed by atoms with Gasteiger partial charge in [0.05, 0.1) is 13.5 Å². The maximum absolute atomic E-state index is 15.1. The van der Waals surface area contributed by atoms with Gasteiger partial charge in [0, 0.05) is 5.56 Å². The molecule has 0 heterocycles. The van der Waals surface area contributed by atoms with Crippen molar-refractivity contribution in [2.24, 2.45) is 17.3 Å². The SMILES string of the molecule is COc1ccc(F)c(-c2ccc(COc3cccc([C@H](CC(=O)O)[C@H]4CC[C@@H]4C)c3)cc2C2=CCCC2(C)C)c1. The molecule has 5 heteroatoms. The first-order valence-electron chi connectivity index (χ1n) is 14.3. The lowest BCUT2D eigenvalue weighted by Crippen LogP contribution is -2.30. The third-order valence-electron chi connectivity index (χ3n) is 8.97. The third-order valence-corrected chi connectivity index (χ3v) is 8.97. The second-order valence-corrected chi connectivity index (χ2v) is 12.1. The monoisotopic (exact) mass is 542 g/mol. The van der Waals surface area contributed by atoms with Gasteiger partial charge >= 0.3 is 5.97 Å². The summed E-state index contributed by atoms with van der Waals surface area (Å²) in [5.41, 5.74) is 5.60. The Morgan fingerprint density at radius 2 is 1.85 bits per heavy atom.